The van der Waals surface area contributed by atoms with Crippen LogP contribution in [0.2, 0.25) is 10.0 Å². The molecule has 0 aliphatic carbocycles. The zero-order valence-electron chi connectivity index (χ0n) is 11.0. The summed E-state index contributed by atoms with van der Waals surface area (Å²) in [6, 6.07) is 15.3. The maximum atomic E-state index is 13.9. The third-order valence-electron chi connectivity index (χ3n) is 3.54. The van der Waals surface area contributed by atoms with Gasteiger partial charge >= 0.3 is 0 Å². The molecule has 3 aromatic rings. The van der Waals surface area contributed by atoms with E-state index < -0.39 is 6.04 Å². The fourth-order valence-corrected chi connectivity index (χ4v) is 2.75. The van der Waals surface area contributed by atoms with Crippen molar-refractivity contribution in [1.82, 2.24) is 0 Å². The Morgan fingerprint density at radius 1 is 0.857 bits per heavy atom. The van der Waals surface area contributed by atoms with Gasteiger partial charge in [-0.2, -0.15) is 0 Å². The first-order chi connectivity index (χ1) is 10.1. The van der Waals surface area contributed by atoms with Gasteiger partial charge in [-0.25, -0.2) is 4.39 Å². The highest BCUT2D eigenvalue weighted by molar-refractivity contribution is 6.42. The normalized spacial score (nSPS) is 12.6. The average molecular weight is 320 g/mol. The molecule has 1 atom stereocenters. The van der Waals surface area contributed by atoms with E-state index >= 15 is 0 Å². The Labute approximate surface area is 132 Å². The summed E-state index contributed by atoms with van der Waals surface area (Å²) in [5, 5.41) is 2.30. The molecule has 4 heteroatoms. The molecule has 3 rings (SSSR count). The quantitative estimate of drug-likeness (QED) is 0.678. The molecule has 0 heterocycles. The van der Waals surface area contributed by atoms with Crippen molar-refractivity contribution in [3.8, 4) is 0 Å². The van der Waals surface area contributed by atoms with Crippen LogP contribution in [0.25, 0.3) is 10.8 Å². The molecular formula is C17H12Cl2FN. The van der Waals surface area contributed by atoms with Crippen molar-refractivity contribution in [1.29, 1.82) is 0 Å². The van der Waals surface area contributed by atoms with Gasteiger partial charge in [-0.15, -0.1) is 0 Å². The number of rotatable bonds is 2. The van der Waals surface area contributed by atoms with Crippen molar-refractivity contribution in [3.63, 3.8) is 0 Å². The molecule has 0 radical (unpaired) electrons. The maximum Gasteiger partial charge on any atom is 0.131 e. The Morgan fingerprint density at radius 2 is 1.57 bits per heavy atom. The maximum absolute atomic E-state index is 13.9. The zero-order chi connectivity index (χ0) is 15.0. The molecule has 0 amide bonds. The summed E-state index contributed by atoms with van der Waals surface area (Å²) in [5.74, 6) is -0.254. The van der Waals surface area contributed by atoms with E-state index in [1.807, 2.05) is 18.2 Å². The monoisotopic (exact) mass is 319 g/mol. The highest BCUT2D eigenvalue weighted by atomic mass is 35.5. The van der Waals surface area contributed by atoms with Crippen molar-refractivity contribution >= 4 is 34.0 Å². The lowest BCUT2D eigenvalue weighted by molar-refractivity contribution is 0.639. The topological polar surface area (TPSA) is 26.0 Å². The molecule has 0 aliphatic heterocycles. The predicted molar refractivity (Wildman–Crippen MR) is 86.4 cm³/mol. The molecule has 3 aromatic carbocycles. The second-order valence-corrected chi connectivity index (χ2v) is 5.65. The zero-order valence-corrected chi connectivity index (χ0v) is 12.5. The van der Waals surface area contributed by atoms with Crippen molar-refractivity contribution in [2.45, 2.75) is 6.04 Å². The van der Waals surface area contributed by atoms with E-state index in [2.05, 4.69) is 0 Å². The van der Waals surface area contributed by atoms with Crippen LogP contribution in [0.3, 0.4) is 0 Å². The minimum absolute atomic E-state index is 0.254. The highest BCUT2D eigenvalue weighted by Gasteiger charge is 2.15. The molecule has 0 saturated carbocycles. The van der Waals surface area contributed by atoms with Gasteiger partial charge < -0.3 is 5.73 Å². The first-order valence-corrected chi connectivity index (χ1v) is 7.21. The second kappa shape index (κ2) is 5.64. The van der Waals surface area contributed by atoms with Gasteiger partial charge in [0.05, 0.1) is 16.1 Å². The van der Waals surface area contributed by atoms with E-state index in [1.54, 1.807) is 30.3 Å². The molecule has 1 nitrogen and oxygen atoms in total. The minimum atomic E-state index is -0.398. The largest absolute Gasteiger partial charge is 0.320 e. The van der Waals surface area contributed by atoms with Crippen LogP contribution in [0.5, 0.6) is 0 Å². The minimum Gasteiger partial charge on any atom is -0.320 e. The summed E-state index contributed by atoms with van der Waals surface area (Å²) in [5.41, 5.74) is 8.01. The van der Waals surface area contributed by atoms with Gasteiger partial charge in [-0.1, -0.05) is 59.6 Å². The Morgan fingerprint density at radius 3 is 2.29 bits per heavy atom. The van der Waals surface area contributed by atoms with Gasteiger partial charge in [0.1, 0.15) is 5.82 Å². The molecule has 0 bridgehead atoms. The standard InChI is InChI=1S/C17H12Cl2FN/c18-14-7-5-10(9-15(14)19)17(21)13-6-8-16(20)12-4-2-1-3-11(12)13/h1-9,17H,21H2. The van der Waals surface area contributed by atoms with E-state index in [0.717, 1.165) is 16.5 Å². The number of halogens is 3. The Bertz CT molecular complexity index is 817. The van der Waals surface area contributed by atoms with E-state index in [0.29, 0.717) is 15.4 Å². The van der Waals surface area contributed by atoms with Crippen LogP contribution >= 0.6 is 23.2 Å². The second-order valence-electron chi connectivity index (χ2n) is 4.83. The molecule has 106 valence electrons. The molecular weight excluding hydrogens is 308 g/mol. The number of fused-ring (bicyclic) bond motifs is 1. The van der Waals surface area contributed by atoms with Gasteiger partial charge in [0.15, 0.2) is 0 Å². The van der Waals surface area contributed by atoms with Gasteiger partial charge in [-0.3, -0.25) is 0 Å². The molecule has 0 aromatic heterocycles. The van der Waals surface area contributed by atoms with Gasteiger partial charge in [0.25, 0.3) is 0 Å². The van der Waals surface area contributed by atoms with E-state index in [-0.39, 0.29) is 5.82 Å². The highest BCUT2D eigenvalue weighted by Crippen LogP contribution is 2.31. The third kappa shape index (κ3) is 2.62. The smallest absolute Gasteiger partial charge is 0.131 e. The van der Waals surface area contributed by atoms with Crippen LogP contribution in [0.15, 0.2) is 54.6 Å². The molecule has 1 unspecified atom stereocenters. The predicted octanol–water partition coefficient (Wildman–Crippen LogP) is 5.33. The van der Waals surface area contributed by atoms with Crippen LogP contribution in [0, 0.1) is 5.82 Å². The summed E-state index contributed by atoms with van der Waals surface area (Å²) in [6.07, 6.45) is 0. The van der Waals surface area contributed by atoms with Gasteiger partial charge in [-0.05, 0) is 34.7 Å². The van der Waals surface area contributed by atoms with Crippen molar-refractivity contribution < 1.29 is 4.39 Å². The summed E-state index contributed by atoms with van der Waals surface area (Å²) in [7, 11) is 0. The summed E-state index contributed by atoms with van der Waals surface area (Å²) >= 11 is 12.0. The molecule has 2 N–H and O–H groups in total. The van der Waals surface area contributed by atoms with Crippen LogP contribution in [-0.4, -0.2) is 0 Å². The summed E-state index contributed by atoms with van der Waals surface area (Å²) in [4.78, 5) is 0. The number of hydrogen-bond acceptors (Lipinski definition) is 1. The average Bonchev–Trinajstić information content (AvgIpc) is 2.50. The summed E-state index contributed by atoms with van der Waals surface area (Å²) < 4.78 is 13.9. The molecule has 0 saturated heterocycles. The van der Waals surface area contributed by atoms with Crippen LogP contribution in [0.4, 0.5) is 4.39 Å². The number of benzene rings is 3. The first kappa shape index (κ1) is 14.3. The molecule has 21 heavy (non-hydrogen) atoms. The fourth-order valence-electron chi connectivity index (χ4n) is 2.44. The van der Waals surface area contributed by atoms with Gasteiger partial charge in [0, 0.05) is 5.39 Å². The lowest BCUT2D eigenvalue weighted by Crippen LogP contribution is -2.12. The van der Waals surface area contributed by atoms with Crippen LogP contribution in [-0.2, 0) is 0 Å². The lowest BCUT2D eigenvalue weighted by Gasteiger charge is -2.16. The number of hydrogen-bond donors (Lipinski definition) is 1. The van der Waals surface area contributed by atoms with Gasteiger partial charge in [0.2, 0.25) is 0 Å². The number of nitrogens with two attached hydrogens (primary N) is 1. The van der Waals surface area contributed by atoms with E-state index in [1.165, 1.54) is 6.07 Å². The molecule has 0 fully saturated rings. The van der Waals surface area contributed by atoms with Crippen LogP contribution < -0.4 is 5.73 Å². The first-order valence-electron chi connectivity index (χ1n) is 6.45. The summed E-state index contributed by atoms with van der Waals surface area (Å²) in [6.45, 7) is 0. The molecule has 0 aliphatic rings. The Balaban J connectivity index is 2.15. The van der Waals surface area contributed by atoms with E-state index in [4.69, 9.17) is 28.9 Å². The van der Waals surface area contributed by atoms with E-state index in [9.17, 15) is 4.39 Å². The fraction of sp³-hybridized carbons (Fsp3) is 0.0588. The molecule has 0 spiro atoms. The van der Waals surface area contributed by atoms with Crippen molar-refractivity contribution in [2.75, 3.05) is 0 Å². The Kier molecular flexibility index (Phi) is 3.85. The SMILES string of the molecule is NC(c1ccc(Cl)c(Cl)c1)c1ccc(F)c2ccccc12. The Hall–Kier alpha value is -1.61. The van der Waals surface area contributed by atoms with Crippen molar-refractivity contribution in [2.24, 2.45) is 5.73 Å². The van der Waals surface area contributed by atoms with Crippen LogP contribution in [0.1, 0.15) is 17.2 Å². The van der Waals surface area contributed by atoms with Crippen molar-refractivity contribution in [3.05, 3.63) is 81.6 Å². The lowest BCUT2D eigenvalue weighted by atomic mass is 9.94. The third-order valence-corrected chi connectivity index (χ3v) is 4.28.